The van der Waals surface area contributed by atoms with Crippen LogP contribution in [0.1, 0.15) is 71.6 Å². The standard InChI is InChI=1S/C16H31NO/c1-3-15-12-14(10-11-18-15)17-16(4-2)13-8-6-5-7-9-13/h13-17H,3-12H2,1-2H3. The van der Waals surface area contributed by atoms with Gasteiger partial charge in [0.05, 0.1) is 6.10 Å². The van der Waals surface area contributed by atoms with E-state index in [-0.39, 0.29) is 0 Å². The van der Waals surface area contributed by atoms with E-state index in [0.717, 1.165) is 18.6 Å². The van der Waals surface area contributed by atoms with E-state index in [4.69, 9.17) is 4.74 Å². The van der Waals surface area contributed by atoms with Crippen LogP contribution >= 0.6 is 0 Å². The molecule has 1 saturated carbocycles. The van der Waals surface area contributed by atoms with Crippen LogP contribution in [0.3, 0.4) is 0 Å². The molecule has 3 unspecified atom stereocenters. The Morgan fingerprint density at radius 2 is 1.89 bits per heavy atom. The molecule has 3 atom stereocenters. The number of ether oxygens (including phenoxy) is 1. The number of hydrogen-bond acceptors (Lipinski definition) is 2. The van der Waals surface area contributed by atoms with Gasteiger partial charge in [-0.2, -0.15) is 0 Å². The highest BCUT2D eigenvalue weighted by Crippen LogP contribution is 2.29. The molecule has 0 aromatic heterocycles. The molecule has 2 aliphatic rings. The Kier molecular flexibility index (Phi) is 5.97. The number of nitrogens with one attached hydrogen (secondary N) is 1. The molecule has 0 amide bonds. The first-order valence-electron chi connectivity index (χ1n) is 8.21. The zero-order chi connectivity index (χ0) is 12.8. The third-order valence-electron chi connectivity index (χ3n) is 4.93. The predicted octanol–water partition coefficient (Wildman–Crippen LogP) is 3.89. The highest BCUT2D eigenvalue weighted by Gasteiger charge is 2.27. The normalized spacial score (nSPS) is 32.3. The highest BCUT2D eigenvalue weighted by atomic mass is 16.5. The monoisotopic (exact) mass is 253 g/mol. The van der Waals surface area contributed by atoms with Gasteiger partial charge in [0.1, 0.15) is 0 Å². The van der Waals surface area contributed by atoms with Crippen molar-refractivity contribution >= 4 is 0 Å². The molecule has 0 spiro atoms. The van der Waals surface area contributed by atoms with Gasteiger partial charge >= 0.3 is 0 Å². The van der Waals surface area contributed by atoms with Crippen LogP contribution in [0.4, 0.5) is 0 Å². The summed E-state index contributed by atoms with van der Waals surface area (Å²) >= 11 is 0. The Bertz CT molecular complexity index is 225. The van der Waals surface area contributed by atoms with Gasteiger partial charge in [0, 0.05) is 18.7 Å². The van der Waals surface area contributed by atoms with Gasteiger partial charge in [-0.3, -0.25) is 0 Å². The van der Waals surface area contributed by atoms with E-state index in [9.17, 15) is 0 Å². The van der Waals surface area contributed by atoms with E-state index in [1.54, 1.807) is 0 Å². The maximum Gasteiger partial charge on any atom is 0.0587 e. The van der Waals surface area contributed by atoms with Crippen molar-refractivity contribution in [3.63, 3.8) is 0 Å². The van der Waals surface area contributed by atoms with Gasteiger partial charge in [0.2, 0.25) is 0 Å². The molecule has 2 rings (SSSR count). The van der Waals surface area contributed by atoms with Crippen molar-refractivity contribution in [3.05, 3.63) is 0 Å². The second-order valence-electron chi connectivity index (χ2n) is 6.20. The van der Waals surface area contributed by atoms with Crippen molar-refractivity contribution in [2.24, 2.45) is 5.92 Å². The molecule has 0 aromatic carbocycles. The zero-order valence-corrected chi connectivity index (χ0v) is 12.3. The van der Waals surface area contributed by atoms with Crippen molar-refractivity contribution < 1.29 is 4.74 Å². The first kappa shape index (κ1) is 14.3. The van der Waals surface area contributed by atoms with Crippen LogP contribution in [-0.2, 0) is 4.74 Å². The van der Waals surface area contributed by atoms with Gasteiger partial charge in [0.15, 0.2) is 0 Å². The molecule has 0 bridgehead atoms. The van der Waals surface area contributed by atoms with E-state index in [1.165, 1.54) is 57.8 Å². The summed E-state index contributed by atoms with van der Waals surface area (Å²) in [7, 11) is 0. The van der Waals surface area contributed by atoms with Crippen LogP contribution in [0.25, 0.3) is 0 Å². The van der Waals surface area contributed by atoms with Gasteiger partial charge < -0.3 is 10.1 Å². The van der Waals surface area contributed by atoms with Crippen molar-refractivity contribution in [3.8, 4) is 0 Å². The molecule has 2 nitrogen and oxygen atoms in total. The molecule has 1 N–H and O–H groups in total. The Morgan fingerprint density at radius 1 is 1.11 bits per heavy atom. The predicted molar refractivity (Wildman–Crippen MR) is 76.8 cm³/mol. The average molecular weight is 253 g/mol. The molecule has 2 heteroatoms. The summed E-state index contributed by atoms with van der Waals surface area (Å²) in [5, 5.41) is 3.96. The fourth-order valence-electron chi connectivity index (χ4n) is 3.74. The Balaban J connectivity index is 1.81. The van der Waals surface area contributed by atoms with Crippen LogP contribution in [0.15, 0.2) is 0 Å². The van der Waals surface area contributed by atoms with Crippen molar-refractivity contribution in [2.45, 2.75) is 89.8 Å². The zero-order valence-electron chi connectivity index (χ0n) is 12.3. The molecular weight excluding hydrogens is 222 g/mol. The second-order valence-corrected chi connectivity index (χ2v) is 6.20. The fraction of sp³-hybridized carbons (Fsp3) is 1.00. The lowest BCUT2D eigenvalue weighted by atomic mass is 9.82. The lowest BCUT2D eigenvalue weighted by Gasteiger charge is -2.36. The lowest BCUT2D eigenvalue weighted by molar-refractivity contribution is -0.00394. The van der Waals surface area contributed by atoms with Crippen LogP contribution in [0, 0.1) is 5.92 Å². The van der Waals surface area contributed by atoms with E-state index >= 15 is 0 Å². The number of hydrogen-bond donors (Lipinski definition) is 1. The van der Waals surface area contributed by atoms with E-state index < -0.39 is 0 Å². The lowest BCUT2D eigenvalue weighted by Crippen LogP contribution is -2.47. The topological polar surface area (TPSA) is 21.3 Å². The van der Waals surface area contributed by atoms with Gasteiger partial charge in [-0.1, -0.05) is 33.1 Å². The van der Waals surface area contributed by atoms with E-state index in [1.807, 2.05) is 0 Å². The first-order valence-corrected chi connectivity index (χ1v) is 8.21. The maximum absolute atomic E-state index is 5.78. The Morgan fingerprint density at radius 3 is 2.56 bits per heavy atom. The molecule has 0 radical (unpaired) electrons. The summed E-state index contributed by atoms with van der Waals surface area (Å²) in [5.41, 5.74) is 0. The van der Waals surface area contributed by atoms with Gasteiger partial charge in [-0.15, -0.1) is 0 Å². The Hall–Kier alpha value is -0.0800. The maximum atomic E-state index is 5.78. The quantitative estimate of drug-likeness (QED) is 0.802. The summed E-state index contributed by atoms with van der Waals surface area (Å²) in [6.07, 6.45) is 12.7. The molecule has 2 fully saturated rings. The minimum Gasteiger partial charge on any atom is -0.378 e. The fourth-order valence-corrected chi connectivity index (χ4v) is 3.74. The van der Waals surface area contributed by atoms with Crippen molar-refractivity contribution in [2.75, 3.05) is 6.61 Å². The van der Waals surface area contributed by atoms with E-state index in [0.29, 0.717) is 12.1 Å². The van der Waals surface area contributed by atoms with E-state index in [2.05, 4.69) is 19.2 Å². The molecule has 106 valence electrons. The van der Waals surface area contributed by atoms with Gasteiger partial charge in [0.25, 0.3) is 0 Å². The smallest absolute Gasteiger partial charge is 0.0587 e. The Labute approximate surface area is 113 Å². The molecule has 1 saturated heterocycles. The first-order chi connectivity index (χ1) is 8.83. The third-order valence-corrected chi connectivity index (χ3v) is 4.93. The summed E-state index contributed by atoms with van der Waals surface area (Å²) in [6, 6.07) is 1.46. The molecular formula is C16H31NO. The summed E-state index contributed by atoms with van der Waals surface area (Å²) in [4.78, 5) is 0. The summed E-state index contributed by atoms with van der Waals surface area (Å²) in [5.74, 6) is 0.937. The SMILES string of the molecule is CCC1CC(NC(CC)C2CCCCC2)CCO1. The van der Waals surface area contributed by atoms with Crippen LogP contribution in [0.2, 0.25) is 0 Å². The highest BCUT2D eigenvalue weighted by molar-refractivity contribution is 4.84. The van der Waals surface area contributed by atoms with Crippen LogP contribution in [-0.4, -0.2) is 24.8 Å². The average Bonchev–Trinajstić information content (AvgIpc) is 2.46. The van der Waals surface area contributed by atoms with Crippen LogP contribution in [0.5, 0.6) is 0 Å². The van der Waals surface area contributed by atoms with Crippen molar-refractivity contribution in [1.82, 2.24) is 5.32 Å². The molecule has 1 aliphatic heterocycles. The van der Waals surface area contributed by atoms with Gasteiger partial charge in [-0.05, 0) is 44.4 Å². The largest absolute Gasteiger partial charge is 0.378 e. The van der Waals surface area contributed by atoms with Crippen LogP contribution < -0.4 is 5.32 Å². The molecule has 1 aliphatic carbocycles. The third kappa shape index (κ3) is 3.96. The summed E-state index contributed by atoms with van der Waals surface area (Å²) in [6.45, 7) is 5.55. The van der Waals surface area contributed by atoms with Crippen molar-refractivity contribution in [1.29, 1.82) is 0 Å². The summed E-state index contributed by atoms with van der Waals surface area (Å²) < 4.78 is 5.78. The number of rotatable bonds is 5. The second kappa shape index (κ2) is 7.49. The minimum absolute atomic E-state index is 0.500. The van der Waals surface area contributed by atoms with Gasteiger partial charge in [-0.25, -0.2) is 0 Å². The molecule has 18 heavy (non-hydrogen) atoms. The minimum atomic E-state index is 0.500. The molecule has 0 aromatic rings. The molecule has 1 heterocycles.